The third kappa shape index (κ3) is 2.54. The molecule has 4 N–H and O–H groups in total. The van der Waals surface area contributed by atoms with Gasteiger partial charge in [0.15, 0.2) is 6.10 Å². The smallest absolute Gasteiger partial charge is 0.351 e. The summed E-state index contributed by atoms with van der Waals surface area (Å²) in [7, 11) is 0. The zero-order chi connectivity index (χ0) is 13.5. The Morgan fingerprint density at radius 1 is 1.58 bits per heavy atom. The normalized spacial score (nSPS) is 28.9. The van der Waals surface area contributed by atoms with Gasteiger partial charge in [0, 0.05) is 6.20 Å². The molecule has 0 amide bonds. The quantitative estimate of drug-likeness (QED) is 0.655. The molecule has 10 heteroatoms. The molecule has 0 bridgehead atoms. The van der Waals surface area contributed by atoms with Crippen molar-refractivity contribution in [3.63, 3.8) is 0 Å². The van der Waals surface area contributed by atoms with Gasteiger partial charge in [0.05, 0.1) is 6.61 Å². The fourth-order valence-corrected chi connectivity index (χ4v) is 1.72. The van der Waals surface area contributed by atoms with Crippen LogP contribution in [0.5, 0.6) is 0 Å². The highest BCUT2D eigenvalue weighted by Gasteiger charge is 2.59. The van der Waals surface area contributed by atoms with E-state index in [2.05, 4.69) is 4.98 Å². The Morgan fingerprint density at radius 3 is 2.68 bits per heavy atom. The van der Waals surface area contributed by atoms with Gasteiger partial charge in [0.25, 0.3) is 0 Å². The Bertz CT molecular complexity index is 512. The molecule has 108 valence electrons. The zero-order valence-electron chi connectivity index (χ0n) is 9.44. The SMILES string of the molecule is Cl.Nc1cc[15n]([C@@H]2O[C@H](CO)[C@@H](O)C2(F)F)[13c](=O)[15n]1. The summed E-state index contributed by atoms with van der Waals surface area (Å²) in [5, 5.41) is 18.1. The van der Waals surface area contributed by atoms with Crippen LogP contribution in [0.25, 0.3) is 0 Å². The summed E-state index contributed by atoms with van der Waals surface area (Å²) in [6.45, 7) is -0.787. The van der Waals surface area contributed by atoms with Gasteiger partial charge in [-0.3, -0.25) is 4.57 Å². The number of hydrogen-bond donors (Lipinski definition) is 3. The molecule has 1 aliphatic heterocycles. The van der Waals surface area contributed by atoms with E-state index in [0.717, 1.165) is 12.3 Å². The average molecular weight is 303 g/mol. The lowest BCUT2D eigenvalue weighted by molar-refractivity contribution is -0.140. The lowest BCUT2D eigenvalue weighted by Gasteiger charge is -2.20. The summed E-state index contributed by atoms with van der Waals surface area (Å²) >= 11 is 0. The van der Waals surface area contributed by atoms with E-state index >= 15 is 0 Å². The van der Waals surface area contributed by atoms with Crippen molar-refractivity contribution in [2.45, 2.75) is 24.4 Å². The van der Waals surface area contributed by atoms with Crippen molar-refractivity contribution in [3.8, 4) is 0 Å². The van der Waals surface area contributed by atoms with Crippen molar-refractivity contribution in [1.82, 2.24) is 9.55 Å². The van der Waals surface area contributed by atoms with Gasteiger partial charge < -0.3 is 20.7 Å². The van der Waals surface area contributed by atoms with Crippen LogP contribution in [-0.4, -0.2) is 44.5 Å². The first-order chi connectivity index (χ1) is 8.37. The Morgan fingerprint density at radius 2 is 2.21 bits per heavy atom. The van der Waals surface area contributed by atoms with Gasteiger partial charge in [-0.15, -0.1) is 12.4 Å². The molecule has 3 atom stereocenters. The second-order valence-corrected chi connectivity index (χ2v) is 3.87. The van der Waals surface area contributed by atoms with Crippen LogP contribution in [0.2, 0.25) is 0 Å². The number of anilines is 1. The number of aliphatic hydroxyl groups is 2. The van der Waals surface area contributed by atoms with E-state index in [1.165, 1.54) is 0 Å². The highest BCUT2D eigenvalue weighted by atomic mass is 35.5. The van der Waals surface area contributed by atoms with Crippen LogP contribution in [0.1, 0.15) is 6.23 Å². The molecule has 0 aromatic carbocycles. The zero-order valence-corrected chi connectivity index (χ0v) is 10.3. The Labute approximate surface area is 112 Å². The minimum Gasteiger partial charge on any atom is -0.394 e. The van der Waals surface area contributed by atoms with E-state index in [4.69, 9.17) is 15.6 Å². The standard InChI is InChI=1S/C9H11F2N3O4.ClH/c10-9(11)6(16)4(3-15)18-7(9)14-2-1-5(12)13-8(14)17;/h1-2,4,6-7,15-16H,3H2,(H2,12,13,17);1H/t4-,6-,7-;/m1./s1/i8+1,13+1,14+1;. The molecule has 1 aliphatic rings. The lowest BCUT2D eigenvalue weighted by Crippen LogP contribution is -2.41. The number of alkyl halides is 2. The van der Waals surface area contributed by atoms with Gasteiger partial charge in [-0.2, -0.15) is 13.8 Å². The lowest BCUT2D eigenvalue weighted by atomic mass is 10.1. The first kappa shape index (κ1) is 15.8. The first-order valence-electron chi connectivity index (χ1n) is 5.04. The summed E-state index contributed by atoms with van der Waals surface area (Å²) in [4.78, 5) is 14.7. The number of hydrogen-bond acceptors (Lipinski definition) is 6. The van der Waals surface area contributed by atoms with E-state index in [1.807, 2.05) is 0 Å². The molecule has 0 aliphatic carbocycles. The molecule has 0 radical (unpaired) electrons. The van der Waals surface area contributed by atoms with Crippen LogP contribution < -0.4 is 11.4 Å². The van der Waals surface area contributed by atoms with Crippen molar-refractivity contribution in [1.29, 1.82) is 0 Å². The van der Waals surface area contributed by atoms with Crippen LogP contribution in [-0.2, 0) is 4.74 Å². The predicted octanol–water partition coefficient (Wildman–Crippen LogP) is -0.867. The van der Waals surface area contributed by atoms with Gasteiger partial charge in [0.2, 0.25) is 6.23 Å². The molecule has 2 rings (SSSR count). The summed E-state index contributed by atoms with van der Waals surface area (Å²) in [5.41, 5.74) is 4.21. The minimum absolute atomic E-state index is 0. The number of ether oxygens (including phenoxy) is 1. The number of aromatic nitrogens is 2. The molecular formula is C9H12ClF2N3O4. The minimum atomic E-state index is -3.71. The fraction of sp³-hybridized carbons (Fsp3) is 0.556. The first-order valence-corrected chi connectivity index (χ1v) is 5.04. The molecule has 1 aromatic rings. The number of rotatable bonds is 2. The molecule has 0 saturated carbocycles. The summed E-state index contributed by atoms with van der Waals surface area (Å²) < 4.78 is 32.7. The summed E-state index contributed by atoms with van der Waals surface area (Å²) in [6, 6.07) is 1.15. The molecule has 1 saturated heterocycles. The van der Waals surface area contributed by atoms with Gasteiger partial charge in [-0.05, 0) is 6.07 Å². The maximum absolute atomic E-state index is 13.7. The van der Waals surface area contributed by atoms with E-state index in [9.17, 15) is 18.7 Å². The van der Waals surface area contributed by atoms with Gasteiger partial charge in [0.1, 0.15) is 11.9 Å². The Hall–Kier alpha value is -1.29. The molecule has 2 heterocycles. The van der Waals surface area contributed by atoms with E-state index in [-0.39, 0.29) is 18.2 Å². The van der Waals surface area contributed by atoms with Crippen molar-refractivity contribution in [3.05, 3.63) is 22.7 Å². The Balaban J connectivity index is 0.00000180. The van der Waals surface area contributed by atoms with Crippen LogP contribution >= 0.6 is 12.4 Å². The van der Waals surface area contributed by atoms with Gasteiger partial charge in [-0.25, -0.2) is 4.79 Å². The predicted molar refractivity (Wildman–Crippen MR) is 62.1 cm³/mol. The van der Waals surface area contributed by atoms with Crippen LogP contribution in [0.15, 0.2) is 17.1 Å². The van der Waals surface area contributed by atoms with Crippen molar-refractivity contribution in [2.24, 2.45) is 0 Å². The molecule has 19 heavy (non-hydrogen) atoms. The van der Waals surface area contributed by atoms with Crippen LogP contribution in [0.4, 0.5) is 14.6 Å². The second kappa shape index (κ2) is 5.37. The molecule has 0 unspecified atom stereocenters. The van der Waals surface area contributed by atoms with E-state index in [1.54, 1.807) is 0 Å². The highest BCUT2D eigenvalue weighted by molar-refractivity contribution is 5.85. The number of nitrogen functional groups attached to an aromatic ring is 1. The third-order valence-corrected chi connectivity index (χ3v) is 2.66. The van der Waals surface area contributed by atoms with Crippen molar-refractivity contribution >= 4 is 18.2 Å². The summed E-state index contributed by atoms with van der Waals surface area (Å²) in [6.07, 6.45) is -4.69. The Kier molecular flexibility index (Phi) is 4.46. The summed E-state index contributed by atoms with van der Waals surface area (Å²) in [5.74, 6) is -3.83. The van der Waals surface area contributed by atoms with Crippen LogP contribution in [0, 0.1) is 0 Å². The topological polar surface area (TPSA) is 111 Å². The molecule has 0 spiro atoms. The van der Waals surface area contributed by atoms with Crippen molar-refractivity contribution < 1.29 is 23.7 Å². The number of nitrogens with zero attached hydrogens (tertiary/aromatic N) is 2. The molecular weight excluding hydrogens is 291 g/mol. The van der Waals surface area contributed by atoms with E-state index < -0.39 is 36.7 Å². The van der Waals surface area contributed by atoms with E-state index in [0.29, 0.717) is 4.57 Å². The molecule has 1 fully saturated rings. The largest absolute Gasteiger partial charge is 0.394 e. The maximum atomic E-state index is 13.7. The fourth-order valence-electron chi connectivity index (χ4n) is 1.72. The highest BCUT2D eigenvalue weighted by Crippen LogP contribution is 2.41. The maximum Gasteiger partial charge on any atom is 0.351 e. The number of halogens is 3. The van der Waals surface area contributed by atoms with Crippen molar-refractivity contribution in [2.75, 3.05) is 12.3 Å². The number of aliphatic hydroxyl groups excluding tert-OH is 2. The molecule has 1 aromatic heterocycles. The second-order valence-electron chi connectivity index (χ2n) is 3.87. The van der Waals surface area contributed by atoms with Gasteiger partial charge >= 0.3 is 11.6 Å². The van der Waals surface area contributed by atoms with Gasteiger partial charge in [-0.1, -0.05) is 0 Å². The third-order valence-electron chi connectivity index (χ3n) is 2.66. The molecule has 7 nitrogen and oxygen atoms in total. The number of nitrogens with two attached hydrogens (primary N) is 1. The average Bonchev–Trinajstić information content (AvgIpc) is 2.52. The van der Waals surface area contributed by atoms with Crippen LogP contribution in [0.3, 0.4) is 0 Å². The monoisotopic (exact) mass is 302 g/mol.